The average molecular weight is 234 g/mol. The van der Waals surface area contributed by atoms with E-state index in [2.05, 4.69) is 10.6 Å². The Hall–Kier alpha value is -1.84. The number of hydrogen-bond donors (Lipinski definition) is 2. The van der Waals surface area contributed by atoms with Crippen molar-refractivity contribution in [2.45, 2.75) is 26.8 Å². The predicted octanol–water partition coefficient (Wildman–Crippen LogP) is 1.25. The third-order valence-electron chi connectivity index (χ3n) is 2.17. The van der Waals surface area contributed by atoms with Crippen LogP contribution >= 0.6 is 0 Å². The van der Waals surface area contributed by atoms with Crippen LogP contribution in [-0.4, -0.2) is 24.4 Å². The van der Waals surface area contributed by atoms with Crippen molar-refractivity contribution in [1.29, 1.82) is 0 Å². The Morgan fingerprint density at radius 1 is 1.18 bits per heavy atom. The Bertz CT molecular complexity index is 396. The minimum absolute atomic E-state index is 0.00485. The standard InChI is InChI=1S/C13H18N2O2/c1-9(2)15-12(16)8-14-13(17)11-6-4-10(3)5-7-11/h4-7,9H,8H2,1-3H3,(H,14,17)(H,15,16). The lowest BCUT2D eigenvalue weighted by molar-refractivity contribution is -0.120. The summed E-state index contributed by atoms with van der Waals surface area (Å²) in [7, 11) is 0. The Morgan fingerprint density at radius 3 is 2.29 bits per heavy atom. The summed E-state index contributed by atoms with van der Waals surface area (Å²) in [4.78, 5) is 23.0. The molecule has 0 aliphatic heterocycles. The minimum Gasteiger partial charge on any atom is -0.352 e. The van der Waals surface area contributed by atoms with E-state index in [9.17, 15) is 9.59 Å². The van der Waals surface area contributed by atoms with E-state index in [1.54, 1.807) is 12.1 Å². The highest BCUT2D eigenvalue weighted by molar-refractivity contribution is 5.96. The summed E-state index contributed by atoms with van der Waals surface area (Å²) >= 11 is 0. The van der Waals surface area contributed by atoms with Gasteiger partial charge in [0.15, 0.2) is 0 Å². The van der Waals surface area contributed by atoms with Crippen molar-refractivity contribution < 1.29 is 9.59 Å². The smallest absolute Gasteiger partial charge is 0.251 e. The van der Waals surface area contributed by atoms with Crippen molar-refractivity contribution in [2.24, 2.45) is 0 Å². The van der Waals surface area contributed by atoms with Gasteiger partial charge in [-0.1, -0.05) is 17.7 Å². The molecule has 0 radical (unpaired) electrons. The molecule has 0 aliphatic rings. The topological polar surface area (TPSA) is 58.2 Å². The second-order valence-electron chi connectivity index (χ2n) is 4.27. The van der Waals surface area contributed by atoms with E-state index in [1.165, 1.54) is 0 Å². The quantitative estimate of drug-likeness (QED) is 0.823. The number of nitrogens with one attached hydrogen (secondary N) is 2. The fourth-order valence-electron chi connectivity index (χ4n) is 1.34. The van der Waals surface area contributed by atoms with E-state index in [1.807, 2.05) is 32.9 Å². The van der Waals surface area contributed by atoms with Crippen LogP contribution < -0.4 is 10.6 Å². The van der Waals surface area contributed by atoms with Gasteiger partial charge in [-0.15, -0.1) is 0 Å². The Labute approximate surface area is 101 Å². The summed E-state index contributed by atoms with van der Waals surface area (Å²) in [5.41, 5.74) is 1.66. The van der Waals surface area contributed by atoms with Crippen molar-refractivity contribution in [3.63, 3.8) is 0 Å². The molecule has 1 rings (SSSR count). The Balaban J connectivity index is 2.45. The molecule has 0 heterocycles. The molecule has 0 bridgehead atoms. The van der Waals surface area contributed by atoms with E-state index in [-0.39, 0.29) is 24.4 Å². The summed E-state index contributed by atoms with van der Waals surface area (Å²) in [5.74, 6) is -0.413. The van der Waals surface area contributed by atoms with Gasteiger partial charge in [0.25, 0.3) is 5.91 Å². The van der Waals surface area contributed by atoms with Crippen LogP contribution in [0.5, 0.6) is 0 Å². The number of carbonyl (C=O) groups excluding carboxylic acids is 2. The molecule has 0 atom stereocenters. The van der Waals surface area contributed by atoms with Crippen LogP contribution in [0.1, 0.15) is 29.8 Å². The first kappa shape index (κ1) is 13.2. The predicted molar refractivity (Wildman–Crippen MR) is 66.8 cm³/mol. The molecule has 0 saturated heterocycles. The van der Waals surface area contributed by atoms with Crippen LogP contribution in [0, 0.1) is 6.92 Å². The van der Waals surface area contributed by atoms with E-state index >= 15 is 0 Å². The van der Waals surface area contributed by atoms with E-state index in [0.29, 0.717) is 5.56 Å². The molecular weight excluding hydrogens is 216 g/mol. The highest BCUT2D eigenvalue weighted by Gasteiger charge is 2.07. The van der Waals surface area contributed by atoms with Crippen molar-refractivity contribution in [1.82, 2.24) is 10.6 Å². The summed E-state index contributed by atoms with van der Waals surface area (Å²) in [6.07, 6.45) is 0. The van der Waals surface area contributed by atoms with Crippen LogP contribution in [0.25, 0.3) is 0 Å². The highest BCUT2D eigenvalue weighted by atomic mass is 16.2. The largest absolute Gasteiger partial charge is 0.352 e. The minimum atomic E-state index is -0.232. The van der Waals surface area contributed by atoms with Crippen LogP contribution in [0.2, 0.25) is 0 Å². The number of rotatable bonds is 4. The monoisotopic (exact) mass is 234 g/mol. The van der Waals surface area contributed by atoms with Crippen molar-refractivity contribution in [3.8, 4) is 0 Å². The third kappa shape index (κ3) is 4.68. The molecule has 0 unspecified atom stereocenters. The van der Waals surface area contributed by atoms with Gasteiger partial charge >= 0.3 is 0 Å². The van der Waals surface area contributed by atoms with Gasteiger partial charge in [0.1, 0.15) is 0 Å². The third-order valence-corrected chi connectivity index (χ3v) is 2.17. The van der Waals surface area contributed by atoms with Crippen LogP contribution in [0.4, 0.5) is 0 Å². The maximum absolute atomic E-state index is 11.7. The molecule has 0 spiro atoms. The number of amides is 2. The van der Waals surface area contributed by atoms with Crippen LogP contribution in [0.3, 0.4) is 0 Å². The number of benzene rings is 1. The molecule has 1 aromatic rings. The first-order chi connectivity index (χ1) is 7.99. The second kappa shape index (κ2) is 6.03. The van der Waals surface area contributed by atoms with Crippen LogP contribution in [0.15, 0.2) is 24.3 Å². The SMILES string of the molecule is Cc1ccc(C(=O)NCC(=O)NC(C)C)cc1. The molecular formula is C13H18N2O2. The summed E-state index contributed by atoms with van der Waals surface area (Å²) in [5, 5.41) is 5.28. The molecule has 0 saturated carbocycles. The zero-order valence-corrected chi connectivity index (χ0v) is 10.4. The summed E-state index contributed by atoms with van der Waals surface area (Å²) in [6, 6.07) is 7.29. The lowest BCUT2D eigenvalue weighted by Gasteiger charge is -2.09. The summed E-state index contributed by atoms with van der Waals surface area (Å²) in [6.45, 7) is 5.71. The van der Waals surface area contributed by atoms with E-state index in [4.69, 9.17) is 0 Å². The molecule has 2 N–H and O–H groups in total. The van der Waals surface area contributed by atoms with E-state index < -0.39 is 0 Å². The zero-order chi connectivity index (χ0) is 12.8. The highest BCUT2D eigenvalue weighted by Crippen LogP contribution is 2.02. The van der Waals surface area contributed by atoms with E-state index in [0.717, 1.165) is 5.56 Å². The van der Waals surface area contributed by atoms with Gasteiger partial charge < -0.3 is 10.6 Å². The van der Waals surface area contributed by atoms with Gasteiger partial charge in [-0.2, -0.15) is 0 Å². The normalized spacial score (nSPS) is 10.1. The second-order valence-corrected chi connectivity index (χ2v) is 4.27. The zero-order valence-electron chi connectivity index (χ0n) is 10.4. The summed E-state index contributed by atoms with van der Waals surface area (Å²) < 4.78 is 0. The lowest BCUT2D eigenvalue weighted by atomic mass is 10.1. The maximum atomic E-state index is 11.7. The van der Waals surface area contributed by atoms with Gasteiger partial charge in [0.05, 0.1) is 6.54 Å². The number of aryl methyl sites for hydroxylation is 1. The average Bonchev–Trinajstić information content (AvgIpc) is 2.26. The molecule has 0 fully saturated rings. The molecule has 92 valence electrons. The van der Waals surface area contributed by atoms with Crippen molar-refractivity contribution in [2.75, 3.05) is 6.54 Å². The molecule has 0 aromatic heterocycles. The molecule has 4 heteroatoms. The fourth-order valence-corrected chi connectivity index (χ4v) is 1.34. The van der Waals surface area contributed by atoms with Gasteiger partial charge in [0.2, 0.25) is 5.91 Å². The van der Waals surface area contributed by atoms with Gasteiger partial charge in [0, 0.05) is 11.6 Å². The first-order valence-corrected chi connectivity index (χ1v) is 5.63. The fraction of sp³-hybridized carbons (Fsp3) is 0.385. The molecule has 17 heavy (non-hydrogen) atoms. The molecule has 1 aromatic carbocycles. The van der Waals surface area contributed by atoms with Crippen molar-refractivity contribution in [3.05, 3.63) is 35.4 Å². The van der Waals surface area contributed by atoms with Gasteiger partial charge in [-0.25, -0.2) is 0 Å². The Kier molecular flexibility index (Phi) is 4.69. The molecule has 2 amide bonds. The molecule has 0 aliphatic carbocycles. The number of hydrogen-bond acceptors (Lipinski definition) is 2. The van der Waals surface area contributed by atoms with Gasteiger partial charge in [-0.05, 0) is 32.9 Å². The van der Waals surface area contributed by atoms with Crippen molar-refractivity contribution >= 4 is 11.8 Å². The lowest BCUT2D eigenvalue weighted by Crippen LogP contribution is -2.39. The van der Waals surface area contributed by atoms with Crippen LogP contribution in [-0.2, 0) is 4.79 Å². The number of carbonyl (C=O) groups is 2. The Morgan fingerprint density at radius 2 is 1.76 bits per heavy atom. The molecule has 4 nitrogen and oxygen atoms in total. The maximum Gasteiger partial charge on any atom is 0.251 e. The first-order valence-electron chi connectivity index (χ1n) is 5.63. The van der Waals surface area contributed by atoms with Gasteiger partial charge in [-0.3, -0.25) is 9.59 Å².